The summed E-state index contributed by atoms with van der Waals surface area (Å²) in [6.07, 6.45) is 0. The molecule has 0 saturated carbocycles. The zero-order valence-electron chi connectivity index (χ0n) is 11.8. The molecule has 0 aliphatic heterocycles. The fourth-order valence-corrected chi connectivity index (χ4v) is 1.87. The van der Waals surface area contributed by atoms with E-state index in [0.717, 1.165) is 11.4 Å². The van der Waals surface area contributed by atoms with Crippen LogP contribution in [0, 0.1) is 18.3 Å². The molecular weight excluding hydrogens is 248 g/mol. The molecule has 1 unspecified atom stereocenters. The Balaban J connectivity index is 1.91. The van der Waals surface area contributed by atoms with Gasteiger partial charge in [-0.3, -0.25) is 0 Å². The number of hydrogen-bond donors (Lipinski definition) is 1. The molecule has 0 saturated heterocycles. The van der Waals surface area contributed by atoms with Crippen LogP contribution in [0.2, 0.25) is 0 Å². The number of nitrogens with zero attached hydrogens (tertiary/aromatic N) is 1. The van der Waals surface area contributed by atoms with Crippen molar-refractivity contribution in [3.8, 4) is 11.8 Å². The largest absolute Gasteiger partial charge is 0.491 e. The van der Waals surface area contributed by atoms with Crippen LogP contribution in [0.5, 0.6) is 5.75 Å². The average Bonchev–Trinajstić information content (AvgIpc) is 2.47. The molecule has 1 atom stereocenters. The number of hydrogen-bond acceptors (Lipinski definition) is 3. The third-order valence-corrected chi connectivity index (χ3v) is 2.97. The Bertz CT molecular complexity index is 599. The number of rotatable bonds is 5. The summed E-state index contributed by atoms with van der Waals surface area (Å²) in [6, 6.07) is 17.8. The molecule has 20 heavy (non-hydrogen) atoms. The first-order valence-electron chi connectivity index (χ1n) is 6.64. The van der Waals surface area contributed by atoms with E-state index >= 15 is 0 Å². The van der Waals surface area contributed by atoms with Crippen LogP contribution in [0.15, 0.2) is 48.5 Å². The first-order chi connectivity index (χ1) is 9.69. The van der Waals surface area contributed by atoms with E-state index in [4.69, 9.17) is 10.00 Å². The zero-order chi connectivity index (χ0) is 14.4. The van der Waals surface area contributed by atoms with Crippen molar-refractivity contribution >= 4 is 5.69 Å². The van der Waals surface area contributed by atoms with Crippen LogP contribution in [0.25, 0.3) is 0 Å². The van der Waals surface area contributed by atoms with Gasteiger partial charge in [0.2, 0.25) is 0 Å². The Hall–Kier alpha value is -2.47. The predicted molar refractivity (Wildman–Crippen MR) is 80.9 cm³/mol. The molecule has 0 fully saturated rings. The maximum Gasteiger partial charge on any atom is 0.119 e. The van der Waals surface area contributed by atoms with E-state index in [1.54, 1.807) is 6.07 Å². The molecule has 0 aromatic heterocycles. The van der Waals surface area contributed by atoms with Crippen molar-refractivity contribution in [3.63, 3.8) is 0 Å². The van der Waals surface area contributed by atoms with Crippen LogP contribution in [-0.2, 0) is 0 Å². The summed E-state index contributed by atoms with van der Waals surface area (Å²) in [7, 11) is 0. The fraction of sp³-hybridized carbons (Fsp3) is 0.235. The van der Waals surface area contributed by atoms with Crippen molar-refractivity contribution in [2.45, 2.75) is 19.9 Å². The third kappa shape index (κ3) is 3.76. The summed E-state index contributed by atoms with van der Waals surface area (Å²) >= 11 is 0. The van der Waals surface area contributed by atoms with Gasteiger partial charge in [0.15, 0.2) is 0 Å². The van der Waals surface area contributed by atoms with Crippen molar-refractivity contribution in [1.82, 2.24) is 0 Å². The van der Waals surface area contributed by atoms with Gasteiger partial charge >= 0.3 is 0 Å². The minimum Gasteiger partial charge on any atom is -0.491 e. The molecule has 0 amide bonds. The molecular formula is C17H18N2O. The molecule has 0 radical (unpaired) electrons. The summed E-state index contributed by atoms with van der Waals surface area (Å²) in [6.45, 7) is 4.62. The second-order valence-electron chi connectivity index (χ2n) is 4.83. The standard InChI is InChI=1S/C17H18N2O/c1-13-7-9-16(10-8-13)20-12-14(2)19-17-6-4-3-5-15(17)11-18/h3-10,14,19H,12H2,1-2H3. The zero-order valence-corrected chi connectivity index (χ0v) is 11.8. The Labute approximate surface area is 119 Å². The molecule has 3 heteroatoms. The molecule has 3 nitrogen and oxygen atoms in total. The maximum atomic E-state index is 9.04. The van der Waals surface area contributed by atoms with Crippen LogP contribution < -0.4 is 10.1 Å². The van der Waals surface area contributed by atoms with Crippen molar-refractivity contribution in [2.75, 3.05) is 11.9 Å². The van der Waals surface area contributed by atoms with Gasteiger partial charge in [-0.25, -0.2) is 0 Å². The monoisotopic (exact) mass is 266 g/mol. The number of anilines is 1. The average molecular weight is 266 g/mol. The number of nitriles is 1. The van der Waals surface area contributed by atoms with E-state index in [0.29, 0.717) is 12.2 Å². The van der Waals surface area contributed by atoms with Gasteiger partial charge in [-0.05, 0) is 38.1 Å². The number of benzene rings is 2. The van der Waals surface area contributed by atoms with Gasteiger partial charge < -0.3 is 10.1 Å². The molecule has 2 aromatic rings. The van der Waals surface area contributed by atoms with E-state index in [1.807, 2.05) is 56.3 Å². The lowest BCUT2D eigenvalue weighted by Crippen LogP contribution is -2.23. The second-order valence-corrected chi connectivity index (χ2v) is 4.83. The van der Waals surface area contributed by atoms with Crippen LogP contribution in [0.1, 0.15) is 18.1 Å². The van der Waals surface area contributed by atoms with Gasteiger partial charge in [0.05, 0.1) is 17.3 Å². The van der Waals surface area contributed by atoms with Crippen molar-refractivity contribution in [2.24, 2.45) is 0 Å². The minimum atomic E-state index is 0.116. The van der Waals surface area contributed by atoms with Gasteiger partial charge in [-0.1, -0.05) is 29.8 Å². The first kappa shape index (κ1) is 14.0. The molecule has 0 bridgehead atoms. The molecule has 2 aromatic carbocycles. The number of ether oxygens (including phenoxy) is 1. The van der Waals surface area contributed by atoms with E-state index in [9.17, 15) is 0 Å². The highest BCUT2D eigenvalue weighted by atomic mass is 16.5. The lowest BCUT2D eigenvalue weighted by Gasteiger charge is -2.17. The van der Waals surface area contributed by atoms with Crippen LogP contribution in [-0.4, -0.2) is 12.6 Å². The van der Waals surface area contributed by atoms with Crippen molar-refractivity contribution < 1.29 is 4.74 Å². The molecule has 0 aliphatic carbocycles. The highest BCUT2D eigenvalue weighted by Gasteiger charge is 2.06. The van der Waals surface area contributed by atoms with Gasteiger partial charge in [-0.2, -0.15) is 5.26 Å². The van der Waals surface area contributed by atoms with E-state index in [2.05, 4.69) is 11.4 Å². The fourth-order valence-electron chi connectivity index (χ4n) is 1.87. The SMILES string of the molecule is Cc1ccc(OCC(C)Nc2ccccc2C#N)cc1. The van der Waals surface area contributed by atoms with Crippen LogP contribution >= 0.6 is 0 Å². The Morgan fingerprint density at radius 1 is 1.15 bits per heavy atom. The summed E-state index contributed by atoms with van der Waals surface area (Å²) in [5, 5.41) is 12.3. The number of para-hydroxylation sites is 1. The molecule has 0 heterocycles. The molecule has 1 N–H and O–H groups in total. The summed E-state index contributed by atoms with van der Waals surface area (Å²) in [4.78, 5) is 0. The second kappa shape index (κ2) is 6.63. The summed E-state index contributed by atoms with van der Waals surface area (Å²) < 4.78 is 5.72. The van der Waals surface area contributed by atoms with Gasteiger partial charge in [0.1, 0.15) is 18.4 Å². The number of aryl methyl sites for hydroxylation is 1. The van der Waals surface area contributed by atoms with E-state index in [-0.39, 0.29) is 6.04 Å². The molecule has 0 spiro atoms. The quantitative estimate of drug-likeness (QED) is 0.896. The smallest absolute Gasteiger partial charge is 0.119 e. The third-order valence-electron chi connectivity index (χ3n) is 2.97. The minimum absolute atomic E-state index is 0.116. The van der Waals surface area contributed by atoms with Crippen LogP contribution in [0.3, 0.4) is 0 Å². The molecule has 102 valence electrons. The lowest BCUT2D eigenvalue weighted by atomic mass is 10.2. The van der Waals surface area contributed by atoms with Crippen molar-refractivity contribution in [3.05, 3.63) is 59.7 Å². The van der Waals surface area contributed by atoms with Crippen LogP contribution in [0.4, 0.5) is 5.69 Å². The normalized spacial score (nSPS) is 11.4. The highest BCUT2D eigenvalue weighted by Crippen LogP contribution is 2.16. The van der Waals surface area contributed by atoms with E-state index in [1.165, 1.54) is 5.56 Å². The maximum absolute atomic E-state index is 9.04. The summed E-state index contributed by atoms with van der Waals surface area (Å²) in [5.41, 5.74) is 2.70. The Morgan fingerprint density at radius 3 is 2.55 bits per heavy atom. The van der Waals surface area contributed by atoms with Crippen molar-refractivity contribution in [1.29, 1.82) is 5.26 Å². The first-order valence-corrected chi connectivity index (χ1v) is 6.64. The Kier molecular flexibility index (Phi) is 4.62. The number of nitrogens with one attached hydrogen (secondary N) is 1. The van der Waals surface area contributed by atoms with Gasteiger partial charge in [0, 0.05) is 0 Å². The summed E-state index contributed by atoms with van der Waals surface area (Å²) in [5.74, 6) is 0.859. The van der Waals surface area contributed by atoms with Gasteiger partial charge in [-0.15, -0.1) is 0 Å². The molecule has 0 aliphatic rings. The van der Waals surface area contributed by atoms with E-state index < -0.39 is 0 Å². The highest BCUT2D eigenvalue weighted by molar-refractivity contribution is 5.57. The lowest BCUT2D eigenvalue weighted by molar-refractivity contribution is 0.304. The Morgan fingerprint density at radius 2 is 1.85 bits per heavy atom. The molecule has 2 rings (SSSR count). The topological polar surface area (TPSA) is 45.0 Å². The van der Waals surface area contributed by atoms with Gasteiger partial charge in [0.25, 0.3) is 0 Å². The predicted octanol–water partition coefficient (Wildman–Crippen LogP) is 3.75.